The van der Waals surface area contributed by atoms with E-state index in [9.17, 15) is 0 Å². The predicted molar refractivity (Wildman–Crippen MR) is 49.4 cm³/mol. The number of aryl methyl sites for hydroxylation is 1. The van der Waals surface area contributed by atoms with Crippen LogP contribution in [0.4, 0.5) is 0 Å². The molecule has 1 aromatic rings. The van der Waals surface area contributed by atoms with Crippen molar-refractivity contribution in [2.75, 3.05) is 0 Å². The van der Waals surface area contributed by atoms with Crippen LogP contribution in [0.15, 0.2) is 30.3 Å². The van der Waals surface area contributed by atoms with Crippen LogP contribution in [0.3, 0.4) is 0 Å². The summed E-state index contributed by atoms with van der Waals surface area (Å²) in [5, 5.41) is 0. The first-order valence-electron chi connectivity index (χ1n) is 4.26. The quantitative estimate of drug-likeness (QED) is 0.453. The molecule has 0 aliphatic carbocycles. The van der Waals surface area contributed by atoms with Gasteiger partial charge in [0.2, 0.25) is 0 Å². The van der Waals surface area contributed by atoms with E-state index >= 15 is 0 Å². The lowest BCUT2D eigenvalue weighted by Crippen LogP contribution is -1.83. The first-order chi connectivity index (χ1) is 5.43. The Morgan fingerprint density at radius 1 is 1.00 bits per heavy atom. The van der Waals surface area contributed by atoms with E-state index in [-0.39, 0.29) is 0 Å². The highest BCUT2D eigenvalue weighted by Crippen LogP contribution is 2.05. The average Bonchev–Trinajstić information content (AvgIpc) is 2.07. The number of hydrogen-bond acceptors (Lipinski definition) is 0. The van der Waals surface area contributed by atoms with Crippen LogP contribution >= 0.6 is 0 Å². The van der Waals surface area contributed by atoms with E-state index in [0.29, 0.717) is 0 Å². The molecule has 0 heterocycles. The van der Waals surface area contributed by atoms with Gasteiger partial charge in [-0.3, -0.25) is 0 Å². The molecule has 0 atom stereocenters. The molecule has 60 valence electrons. The number of rotatable bonds is 4. The summed E-state index contributed by atoms with van der Waals surface area (Å²) in [5.74, 6) is 0. The van der Waals surface area contributed by atoms with Crippen LogP contribution in [0, 0.1) is 6.92 Å². The first kappa shape index (κ1) is 8.32. The normalized spacial score (nSPS) is 9.91. The van der Waals surface area contributed by atoms with E-state index in [1.165, 1.54) is 24.8 Å². The Morgan fingerprint density at radius 3 is 2.36 bits per heavy atom. The van der Waals surface area contributed by atoms with Gasteiger partial charge in [-0.25, -0.2) is 0 Å². The van der Waals surface area contributed by atoms with Crippen LogP contribution < -0.4 is 0 Å². The Bertz CT molecular complexity index is 176. The molecular weight excluding hydrogens is 132 g/mol. The van der Waals surface area contributed by atoms with Crippen molar-refractivity contribution in [3.63, 3.8) is 0 Å². The van der Waals surface area contributed by atoms with E-state index < -0.39 is 0 Å². The van der Waals surface area contributed by atoms with Gasteiger partial charge in [-0.05, 0) is 12.0 Å². The summed E-state index contributed by atoms with van der Waals surface area (Å²) in [6.07, 6.45) is 4.78. The molecule has 0 aromatic heterocycles. The van der Waals surface area contributed by atoms with Crippen molar-refractivity contribution in [3.8, 4) is 0 Å². The van der Waals surface area contributed by atoms with E-state index in [1.807, 2.05) is 0 Å². The van der Waals surface area contributed by atoms with Gasteiger partial charge in [0.05, 0.1) is 0 Å². The van der Waals surface area contributed by atoms with Crippen LogP contribution in [0.1, 0.15) is 24.8 Å². The van der Waals surface area contributed by atoms with Crippen LogP contribution in [0.2, 0.25) is 0 Å². The zero-order chi connectivity index (χ0) is 7.94. The van der Waals surface area contributed by atoms with Crippen molar-refractivity contribution in [1.29, 1.82) is 0 Å². The number of unbranched alkanes of at least 4 members (excludes halogenated alkanes) is 2. The maximum atomic E-state index is 3.82. The van der Waals surface area contributed by atoms with E-state index in [0.717, 1.165) is 6.42 Å². The largest absolute Gasteiger partial charge is 0.343 e. The first-order valence-corrected chi connectivity index (χ1v) is 4.26. The van der Waals surface area contributed by atoms with Gasteiger partial charge in [0, 0.05) is 0 Å². The van der Waals surface area contributed by atoms with Crippen molar-refractivity contribution in [2.45, 2.75) is 25.7 Å². The molecule has 0 bridgehead atoms. The molecule has 0 aliphatic heterocycles. The van der Waals surface area contributed by atoms with Gasteiger partial charge in [-0.2, -0.15) is 6.42 Å². The summed E-state index contributed by atoms with van der Waals surface area (Å²) in [4.78, 5) is 0. The van der Waals surface area contributed by atoms with E-state index in [2.05, 4.69) is 37.3 Å². The predicted octanol–water partition coefficient (Wildman–Crippen LogP) is 3.23. The lowest BCUT2D eigenvalue weighted by Gasteiger charge is -2.00. The third kappa shape index (κ3) is 3.22. The molecule has 0 saturated heterocycles. The zero-order valence-corrected chi connectivity index (χ0v) is 6.92. The van der Waals surface area contributed by atoms with Crippen LogP contribution in [0.25, 0.3) is 0 Å². The van der Waals surface area contributed by atoms with Gasteiger partial charge in [-0.15, -0.1) is 0 Å². The molecule has 0 unspecified atom stereocenters. The highest BCUT2D eigenvalue weighted by molar-refractivity contribution is 5.14. The fourth-order valence-corrected chi connectivity index (χ4v) is 1.15. The van der Waals surface area contributed by atoms with Crippen molar-refractivity contribution >= 4 is 0 Å². The summed E-state index contributed by atoms with van der Waals surface area (Å²) in [7, 11) is 0. The third-order valence-electron chi connectivity index (χ3n) is 1.81. The standard InChI is InChI=1S/C11H15/c1-2-3-5-8-11-9-6-4-7-10-11/h4,6-7,9-10H,1-3,5,8H2/q-1. The summed E-state index contributed by atoms with van der Waals surface area (Å²) in [6, 6.07) is 10.6. The Morgan fingerprint density at radius 2 is 1.73 bits per heavy atom. The molecular formula is C11H15-. The second-order valence-electron chi connectivity index (χ2n) is 2.80. The van der Waals surface area contributed by atoms with E-state index in [4.69, 9.17) is 0 Å². The number of benzene rings is 1. The zero-order valence-electron chi connectivity index (χ0n) is 6.92. The minimum Gasteiger partial charge on any atom is -0.343 e. The van der Waals surface area contributed by atoms with Crippen molar-refractivity contribution in [3.05, 3.63) is 42.8 Å². The summed E-state index contributed by atoms with van der Waals surface area (Å²) in [5.41, 5.74) is 1.45. The van der Waals surface area contributed by atoms with Gasteiger partial charge in [0.1, 0.15) is 0 Å². The van der Waals surface area contributed by atoms with E-state index in [1.54, 1.807) is 0 Å². The average molecular weight is 147 g/mol. The van der Waals surface area contributed by atoms with Crippen molar-refractivity contribution in [2.24, 2.45) is 0 Å². The maximum Gasteiger partial charge on any atom is -0.0280 e. The molecule has 0 saturated carbocycles. The Hall–Kier alpha value is -0.780. The Balaban J connectivity index is 2.28. The highest BCUT2D eigenvalue weighted by Gasteiger charge is 1.88. The lowest BCUT2D eigenvalue weighted by atomic mass is 10.1. The van der Waals surface area contributed by atoms with Crippen LogP contribution in [-0.4, -0.2) is 0 Å². The second kappa shape index (κ2) is 4.95. The van der Waals surface area contributed by atoms with Gasteiger partial charge < -0.3 is 6.92 Å². The second-order valence-corrected chi connectivity index (χ2v) is 2.80. The lowest BCUT2D eigenvalue weighted by molar-refractivity contribution is 0.746. The van der Waals surface area contributed by atoms with Crippen molar-refractivity contribution in [1.82, 2.24) is 0 Å². The minimum atomic E-state index is 1.06. The third-order valence-corrected chi connectivity index (χ3v) is 1.81. The Labute approximate surface area is 69.3 Å². The molecule has 0 spiro atoms. The fraction of sp³-hybridized carbons (Fsp3) is 0.364. The van der Waals surface area contributed by atoms with Gasteiger partial charge in [0.15, 0.2) is 0 Å². The molecule has 0 aliphatic rings. The Kier molecular flexibility index (Phi) is 3.74. The minimum absolute atomic E-state index is 1.06. The highest BCUT2D eigenvalue weighted by atomic mass is 13.9. The van der Waals surface area contributed by atoms with Crippen LogP contribution in [0.5, 0.6) is 0 Å². The molecule has 1 rings (SSSR count). The topological polar surface area (TPSA) is 0 Å². The fourth-order valence-electron chi connectivity index (χ4n) is 1.15. The molecule has 0 radical (unpaired) electrons. The molecule has 1 aromatic carbocycles. The van der Waals surface area contributed by atoms with Gasteiger partial charge >= 0.3 is 0 Å². The molecule has 0 fully saturated rings. The molecule has 0 heteroatoms. The molecule has 0 amide bonds. The summed E-state index contributed by atoms with van der Waals surface area (Å²) < 4.78 is 0. The number of hydrogen-bond donors (Lipinski definition) is 0. The molecule has 0 nitrogen and oxygen atoms in total. The van der Waals surface area contributed by atoms with Crippen LogP contribution in [-0.2, 0) is 6.42 Å². The van der Waals surface area contributed by atoms with Gasteiger partial charge in [-0.1, -0.05) is 43.2 Å². The van der Waals surface area contributed by atoms with Crippen molar-refractivity contribution < 1.29 is 0 Å². The monoisotopic (exact) mass is 147 g/mol. The smallest absolute Gasteiger partial charge is 0.0280 e. The maximum absolute atomic E-state index is 3.82. The molecule has 11 heavy (non-hydrogen) atoms. The van der Waals surface area contributed by atoms with Gasteiger partial charge in [0.25, 0.3) is 0 Å². The summed E-state index contributed by atoms with van der Waals surface area (Å²) >= 11 is 0. The molecule has 0 N–H and O–H groups in total. The summed E-state index contributed by atoms with van der Waals surface area (Å²) in [6.45, 7) is 3.82. The SMILES string of the molecule is [CH2-]CCCCc1ccccc1.